The van der Waals surface area contributed by atoms with Gasteiger partial charge in [0, 0.05) is 0 Å². The van der Waals surface area contributed by atoms with Gasteiger partial charge in [-0.2, -0.15) is 9.97 Å². The van der Waals surface area contributed by atoms with Crippen molar-refractivity contribution in [3.05, 3.63) is 46.2 Å². The van der Waals surface area contributed by atoms with Crippen LogP contribution in [0.15, 0.2) is 35.1 Å². The zero-order valence-electron chi connectivity index (χ0n) is 14.6. The SMILES string of the molecule is Nc1nc2c(nc(OCc3ccccc3)n2[C@@H]2O[C@H](CO)C(O)[C@@H]2O)c(=O)[nH]1. The van der Waals surface area contributed by atoms with Gasteiger partial charge in [0.25, 0.3) is 5.56 Å². The molecule has 0 amide bonds. The number of ether oxygens (including phenoxy) is 2. The quantitative estimate of drug-likeness (QED) is 0.363. The van der Waals surface area contributed by atoms with Gasteiger partial charge in [0.2, 0.25) is 5.95 Å². The summed E-state index contributed by atoms with van der Waals surface area (Å²) in [6.45, 7) is -0.371. The second kappa shape index (κ2) is 7.20. The molecule has 0 saturated carbocycles. The van der Waals surface area contributed by atoms with Crippen molar-refractivity contribution in [1.82, 2.24) is 19.5 Å². The van der Waals surface area contributed by atoms with E-state index in [1.54, 1.807) is 0 Å². The average Bonchev–Trinajstić information content (AvgIpc) is 3.18. The van der Waals surface area contributed by atoms with E-state index in [9.17, 15) is 20.1 Å². The smallest absolute Gasteiger partial charge is 0.301 e. The molecule has 11 heteroatoms. The highest BCUT2D eigenvalue weighted by atomic mass is 16.6. The number of H-pyrrole nitrogens is 1. The molecule has 1 fully saturated rings. The van der Waals surface area contributed by atoms with Crippen LogP contribution in [0.5, 0.6) is 6.01 Å². The first-order valence-electron chi connectivity index (χ1n) is 8.56. The van der Waals surface area contributed by atoms with Crippen molar-refractivity contribution < 1.29 is 24.8 Å². The van der Waals surface area contributed by atoms with Crippen LogP contribution in [0.25, 0.3) is 11.2 Å². The van der Waals surface area contributed by atoms with Crippen molar-refractivity contribution in [3.8, 4) is 6.01 Å². The summed E-state index contributed by atoms with van der Waals surface area (Å²) in [6, 6.07) is 9.22. The van der Waals surface area contributed by atoms with E-state index in [4.69, 9.17) is 15.2 Å². The molecule has 3 heterocycles. The minimum absolute atomic E-state index is 0.0270. The number of aliphatic hydroxyl groups is 3. The van der Waals surface area contributed by atoms with Gasteiger partial charge in [-0.15, -0.1) is 0 Å². The van der Waals surface area contributed by atoms with E-state index in [-0.39, 0.29) is 29.7 Å². The lowest BCUT2D eigenvalue weighted by molar-refractivity contribution is -0.0545. The maximum atomic E-state index is 12.2. The number of hydrogen-bond acceptors (Lipinski definition) is 9. The van der Waals surface area contributed by atoms with Crippen LogP contribution in [0.2, 0.25) is 0 Å². The number of aliphatic hydroxyl groups excluding tert-OH is 3. The van der Waals surface area contributed by atoms with Crippen molar-refractivity contribution in [2.75, 3.05) is 12.3 Å². The molecule has 2 aromatic heterocycles. The lowest BCUT2D eigenvalue weighted by Crippen LogP contribution is -2.33. The van der Waals surface area contributed by atoms with E-state index in [1.165, 1.54) is 4.57 Å². The molecule has 3 aromatic rings. The standard InChI is InChI=1S/C17H19N5O6/c18-16-20-13-10(14(26)21-16)19-17(27-7-8-4-2-1-3-5-8)22(13)15-12(25)11(24)9(6-23)28-15/h1-5,9,11-12,15,23-25H,6-7H2,(H3,18,20,21,26)/t9-,11?,12+,15-/m1/s1. The molecule has 0 bridgehead atoms. The number of benzene rings is 1. The van der Waals surface area contributed by atoms with Crippen LogP contribution in [-0.4, -0.2) is 59.8 Å². The van der Waals surface area contributed by atoms with E-state index >= 15 is 0 Å². The summed E-state index contributed by atoms with van der Waals surface area (Å²) < 4.78 is 12.6. The van der Waals surface area contributed by atoms with E-state index in [2.05, 4.69) is 15.0 Å². The molecular weight excluding hydrogens is 370 g/mol. The van der Waals surface area contributed by atoms with Crippen molar-refractivity contribution in [1.29, 1.82) is 0 Å². The third-order valence-electron chi connectivity index (χ3n) is 4.52. The molecule has 0 radical (unpaired) electrons. The number of nitrogens with two attached hydrogens (primary N) is 1. The Balaban J connectivity index is 1.79. The topological polar surface area (TPSA) is 169 Å². The molecule has 1 saturated heterocycles. The Morgan fingerprint density at radius 1 is 1.21 bits per heavy atom. The molecule has 28 heavy (non-hydrogen) atoms. The molecule has 1 unspecified atom stereocenters. The number of aromatic amines is 1. The molecule has 148 valence electrons. The predicted octanol–water partition coefficient (Wildman–Crippen LogP) is -1.11. The first kappa shape index (κ1) is 18.4. The fourth-order valence-corrected chi connectivity index (χ4v) is 3.13. The fraction of sp³-hybridized carbons (Fsp3) is 0.353. The number of imidazole rings is 1. The first-order chi connectivity index (χ1) is 13.5. The van der Waals surface area contributed by atoms with Gasteiger partial charge < -0.3 is 30.5 Å². The van der Waals surface area contributed by atoms with Crippen molar-refractivity contribution in [2.45, 2.75) is 31.1 Å². The minimum Gasteiger partial charge on any atom is -0.460 e. The van der Waals surface area contributed by atoms with Crippen LogP contribution in [0.1, 0.15) is 11.8 Å². The van der Waals surface area contributed by atoms with Crippen LogP contribution in [0.3, 0.4) is 0 Å². The van der Waals surface area contributed by atoms with Crippen molar-refractivity contribution in [2.24, 2.45) is 0 Å². The summed E-state index contributed by atoms with van der Waals surface area (Å²) in [5, 5.41) is 29.8. The monoisotopic (exact) mass is 389 g/mol. The van der Waals surface area contributed by atoms with Gasteiger partial charge in [-0.1, -0.05) is 30.3 Å². The van der Waals surface area contributed by atoms with Crippen LogP contribution >= 0.6 is 0 Å². The van der Waals surface area contributed by atoms with E-state index in [1.807, 2.05) is 30.3 Å². The highest BCUT2D eigenvalue weighted by molar-refractivity contribution is 5.72. The van der Waals surface area contributed by atoms with Crippen molar-refractivity contribution >= 4 is 17.1 Å². The molecule has 6 N–H and O–H groups in total. The maximum absolute atomic E-state index is 12.2. The number of nitrogens with one attached hydrogen (secondary N) is 1. The lowest BCUT2D eigenvalue weighted by atomic mass is 10.1. The highest BCUT2D eigenvalue weighted by Crippen LogP contribution is 2.34. The molecular formula is C17H19N5O6. The Kier molecular flexibility index (Phi) is 4.73. The van der Waals surface area contributed by atoms with Gasteiger partial charge in [-0.05, 0) is 5.56 Å². The van der Waals surface area contributed by atoms with Crippen molar-refractivity contribution in [3.63, 3.8) is 0 Å². The first-order valence-corrected chi connectivity index (χ1v) is 8.56. The summed E-state index contributed by atoms with van der Waals surface area (Å²) in [4.78, 5) is 22.8. The van der Waals surface area contributed by atoms with E-state index < -0.39 is 36.7 Å². The summed E-state index contributed by atoms with van der Waals surface area (Å²) in [7, 11) is 0. The minimum atomic E-state index is -1.41. The Bertz CT molecular complexity index is 1040. The van der Waals surface area contributed by atoms with E-state index in [0.717, 1.165) is 5.56 Å². The van der Waals surface area contributed by atoms with Crippen LogP contribution in [0.4, 0.5) is 5.95 Å². The zero-order valence-corrected chi connectivity index (χ0v) is 14.6. The number of aromatic nitrogens is 4. The van der Waals surface area contributed by atoms with Gasteiger partial charge in [-0.25, -0.2) is 4.57 Å². The number of anilines is 1. The summed E-state index contributed by atoms with van der Waals surface area (Å²) in [6.07, 6.45) is -4.94. The maximum Gasteiger partial charge on any atom is 0.301 e. The Hall–Kier alpha value is -2.99. The van der Waals surface area contributed by atoms with Gasteiger partial charge in [0.15, 0.2) is 17.4 Å². The molecule has 1 aliphatic rings. The molecule has 1 aliphatic heterocycles. The van der Waals surface area contributed by atoms with Gasteiger partial charge in [0.1, 0.15) is 24.9 Å². The lowest BCUT2D eigenvalue weighted by Gasteiger charge is -2.19. The molecule has 0 aliphatic carbocycles. The van der Waals surface area contributed by atoms with E-state index in [0.29, 0.717) is 0 Å². The molecule has 1 aromatic carbocycles. The molecule has 0 spiro atoms. The largest absolute Gasteiger partial charge is 0.460 e. The second-order valence-electron chi connectivity index (χ2n) is 6.39. The fourth-order valence-electron chi connectivity index (χ4n) is 3.13. The summed E-state index contributed by atoms with van der Waals surface area (Å²) in [5.41, 5.74) is 5.87. The highest BCUT2D eigenvalue weighted by Gasteiger charge is 2.45. The average molecular weight is 389 g/mol. The number of nitrogen functional groups attached to an aromatic ring is 1. The molecule has 11 nitrogen and oxygen atoms in total. The zero-order chi connectivity index (χ0) is 19.8. The number of fused-ring (bicyclic) bond motifs is 1. The number of nitrogens with zero attached hydrogens (tertiary/aromatic N) is 3. The van der Waals surface area contributed by atoms with Gasteiger partial charge >= 0.3 is 6.01 Å². The third-order valence-corrected chi connectivity index (χ3v) is 4.52. The Morgan fingerprint density at radius 3 is 2.64 bits per heavy atom. The Labute approximate surface area is 158 Å². The number of rotatable bonds is 5. The Morgan fingerprint density at radius 2 is 1.96 bits per heavy atom. The van der Waals surface area contributed by atoms with Crippen LogP contribution in [-0.2, 0) is 11.3 Å². The second-order valence-corrected chi connectivity index (χ2v) is 6.39. The summed E-state index contributed by atoms with van der Waals surface area (Å²) in [5.74, 6) is -0.153. The molecule has 4 rings (SSSR count). The van der Waals surface area contributed by atoms with Gasteiger partial charge in [0.05, 0.1) is 6.61 Å². The van der Waals surface area contributed by atoms with Crippen LogP contribution < -0.4 is 16.0 Å². The number of hydrogen-bond donors (Lipinski definition) is 5. The third kappa shape index (κ3) is 3.10. The molecule has 4 atom stereocenters. The van der Waals surface area contributed by atoms with Gasteiger partial charge in [-0.3, -0.25) is 9.78 Å². The predicted molar refractivity (Wildman–Crippen MR) is 96.3 cm³/mol. The normalized spacial score (nSPS) is 24.7. The summed E-state index contributed by atoms with van der Waals surface area (Å²) >= 11 is 0. The van der Waals surface area contributed by atoms with Crippen LogP contribution in [0, 0.1) is 0 Å².